The normalized spacial score (nSPS) is 12.2. The van der Waals surface area contributed by atoms with Crippen molar-refractivity contribution in [2.45, 2.75) is 19.9 Å². The van der Waals surface area contributed by atoms with Crippen molar-refractivity contribution in [2.75, 3.05) is 5.32 Å². The number of nitrogens with one attached hydrogen (secondary N) is 1. The van der Waals surface area contributed by atoms with E-state index in [1.54, 1.807) is 0 Å². The lowest BCUT2D eigenvalue weighted by molar-refractivity contribution is 0.883. The van der Waals surface area contributed by atoms with Gasteiger partial charge >= 0.3 is 0 Å². The quantitative estimate of drug-likeness (QED) is 0.649. The number of aryl methyl sites for hydroxylation is 1. The minimum atomic E-state index is 0.293. The summed E-state index contributed by atoms with van der Waals surface area (Å²) in [4.78, 5) is 0. The van der Waals surface area contributed by atoms with Gasteiger partial charge in [-0.3, -0.25) is 0 Å². The molecule has 18 heavy (non-hydrogen) atoms. The summed E-state index contributed by atoms with van der Waals surface area (Å²) in [6.07, 6.45) is 0. The molecule has 0 aliphatic carbocycles. The van der Waals surface area contributed by atoms with Crippen LogP contribution in [0.3, 0.4) is 0 Å². The molecule has 0 spiro atoms. The third-order valence-electron chi connectivity index (χ3n) is 2.87. The zero-order chi connectivity index (χ0) is 13.1. The van der Waals surface area contributed by atoms with Gasteiger partial charge in [0.15, 0.2) is 0 Å². The van der Waals surface area contributed by atoms with E-state index in [1.165, 1.54) is 14.7 Å². The van der Waals surface area contributed by atoms with E-state index < -0.39 is 0 Å². The first-order chi connectivity index (χ1) is 8.56. The topological polar surface area (TPSA) is 12.0 Å². The van der Waals surface area contributed by atoms with Gasteiger partial charge in [0.05, 0.1) is 0 Å². The summed E-state index contributed by atoms with van der Waals surface area (Å²) in [6.45, 7) is 4.27. The molecule has 94 valence electrons. The van der Waals surface area contributed by atoms with Crippen LogP contribution in [0.25, 0.3) is 0 Å². The van der Waals surface area contributed by atoms with E-state index in [0.717, 1.165) is 10.2 Å². The van der Waals surface area contributed by atoms with Crippen molar-refractivity contribution in [3.8, 4) is 0 Å². The van der Waals surface area contributed by atoms with Crippen LogP contribution >= 0.6 is 38.5 Å². The highest BCUT2D eigenvalue weighted by molar-refractivity contribution is 14.1. The molecule has 0 amide bonds. The molecule has 0 saturated carbocycles. The van der Waals surface area contributed by atoms with Gasteiger partial charge in [0.25, 0.3) is 0 Å². The lowest BCUT2D eigenvalue weighted by atomic mass is 10.1. The zero-order valence-corrected chi connectivity index (χ0v) is 14.1. The third kappa shape index (κ3) is 3.48. The molecule has 2 aromatic carbocycles. The van der Waals surface area contributed by atoms with Gasteiger partial charge in [-0.15, -0.1) is 0 Å². The lowest BCUT2D eigenvalue weighted by Crippen LogP contribution is -2.07. The van der Waals surface area contributed by atoms with E-state index in [-0.39, 0.29) is 0 Å². The molecule has 1 unspecified atom stereocenters. The average molecular weight is 416 g/mol. The Kier molecular flexibility index (Phi) is 4.67. The molecule has 0 aliphatic heterocycles. The van der Waals surface area contributed by atoms with Gasteiger partial charge in [0.2, 0.25) is 0 Å². The van der Waals surface area contributed by atoms with E-state index in [1.807, 2.05) is 0 Å². The average Bonchev–Trinajstić information content (AvgIpc) is 2.33. The number of halogens is 2. The van der Waals surface area contributed by atoms with Gasteiger partial charge in [-0.1, -0.05) is 18.2 Å². The Labute approximate surface area is 130 Å². The maximum Gasteiger partial charge on any atom is 0.0489 e. The van der Waals surface area contributed by atoms with Crippen molar-refractivity contribution in [1.82, 2.24) is 0 Å². The van der Waals surface area contributed by atoms with Crippen molar-refractivity contribution in [2.24, 2.45) is 0 Å². The second-order valence-corrected chi connectivity index (χ2v) is 6.50. The predicted octanol–water partition coefficient (Wildman–Crippen LogP) is 5.54. The van der Waals surface area contributed by atoms with Gasteiger partial charge in [0.1, 0.15) is 0 Å². The standard InChI is InChI=1S/C15H15BrIN/c1-10-3-8-15(14(16)9-10)18-11(2)12-4-6-13(17)7-5-12/h3-9,11,18H,1-2H3. The molecule has 0 aliphatic rings. The SMILES string of the molecule is Cc1ccc(NC(C)c2ccc(I)cc2)c(Br)c1. The predicted molar refractivity (Wildman–Crippen MR) is 90.1 cm³/mol. The molecular formula is C15H15BrIN. The Balaban J connectivity index is 2.15. The molecule has 3 heteroatoms. The van der Waals surface area contributed by atoms with E-state index in [4.69, 9.17) is 0 Å². The maximum atomic E-state index is 3.60. The largest absolute Gasteiger partial charge is 0.378 e. The minimum absolute atomic E-state index is 0.293. The van der Waals surface area contributed by atoms with Crippen molar-refractivity contribution in [1.29, 1.82) is 0 Å². The van der Waals surface area contributed by atoms with Gasteiger partial charge in [-0.25, -0.2) is 0 Å². The van der Waals surface area contributed by atoms with Gasteiger partial charge in [0, 0.05) is 19.8 Å². The Morgan fingerprint density at radius 1 is 1.11 bits per heavy atom. The summed E-state index contributed by atoms with van der Waals surface area (Å²) in [6, 6.07) is 15.3. The summed E-state index contributed by atoms with van der Waals surface area (Å²) < 4.78 is 2.37. The molecule has 0 aromatic heterocycles. The number of rotatable bonds is 3. The first kappa shape index (κ1) is 13.9. The van der Waals surface area contributed by atoms with Crippen LogP contribution in [-0.4, -0.2) is 0 Å². The first-order valence-electron chi connectivity index (χ1n) is 5.84. The van der Waals surface area contributed by atoms with E-state index in [9.17, 15) is 0 Å². The van der Waals surface area contributed by atoms with Crippen LogP contribution in [-0.2, 0) is 0 Å². The summed E-state index contributed by atoms with van der Waals surface area (Å²) in [5.41, 5.74) is 3.68. The maximum absolute atomic E-state index is 3.60. The van der Waals surface area contributed by atoms with E-state index in [0.29, 0.717) is 6.04 Å². The molecule has 0 fully saturated rings. The highest BCUT2D eigenvalue weighted by Gasteiger charge is 2.07. The van der Waals surface area contributed by atoms with Crippen molar-refractivity contribution in [3.63, 3.8) is 0 Å². The lowest BCUT2D eigenvalue weighted by Gasteiger charge is -2.17. The summed E-state index contributed by atoms with van der Waals surface area (Å²) in [5, 5.41) is 3.52. The Morgan fingerprint density at radius 2 is 1.78 bits per heavy atom. The number of hydrogen-bond acceptors (Lipinski definition) is 1. The first-order valence-corrected chi connectivity index (χ1v) is 7.71. The Bertz CT molecular complexity index is 537. The number of hydrogen-bond donors (Lipinski definition) is 1. The van der Waals surface area contributed by atoms with Crippen molar-refractivity contribution in [3.05, 3.63) is 61.6 Å². The molecule has 2 aromatic rings. The van der Waals surface area contributed by atoms with Crippen molar-refractivity contribution < 1.29 is 0 Å². The van der Waals surface area contributed by atoms with E-state index in [2.05, 4.69) is 100 Å². The van der Waals surface area contributed by atoms with Crippen LogP contribution in [0.5, 0.6) is 0 Å². The van der Waals surface area contributed by atoms with E-state index >= 15 is 0 Å². The minimum Gasteiger partial charge on any atom is -0.378 e. The van der Waals surface area contributed by atoms with Gasteiger partial charge in [-0.2, -0.15) is 0 Å². The van der Waals surface area contributed by atoms with Crippen LogP contribution in [0.15, 0.2) is 46.9 Å². The Hall–Kier alpha value is -0.550. The van der Waals surface area contributed by atoms with Crippen LogP contribution in [0.1, 0.15) is 24.1 Å². The third-order valence-corrected chi connectivity index (χ3v) is 4.24. The molecule has 1 atom stereocenters. The number of anilines is 1. The van der Waals surface area contributed by atoms with Gasteiger partial charge < -0.3 is 5.32 Å². The highest BCUT2D eigenvalue weighted by atomic mass is 127. The molecule has 1 N–H and O–H groups in total. The van der Waals surface area contributed by atoms with Crippen LogP contribution in [0.2, 0.25) is 0 Å². The fraction of sp³-hybridized carbons (Fsp3) is 0.200. The number of benzene rings is 2. The van der Waals surface area contributed by atoms with Crippen molar-refractivity contribution >= 4 is 44.2 Å². The van der Waals surface area contributed by atoms with Gasteiger partial charge in [-0.05, 0) is 87.8 Å². The second kappa shape index (κ2) is 6.06. The Morgan fingerprint density at radius 3 is 2.39 bits per heavy atom. The smallest absolute Gasteiger partial charge is 0.0489 e. The summed E-state index contributed by atoms with van der Waals surface area (Å²) >= 11 is 5.92. The summed E-state index contributed by atoms with van der Waals surface area (Å²) in [7, 11) is 0. The molecule has 1 nitrogen and oxygen atoms in total. The molecule has 0 radical (unpaired) electrons. The molecule has 0 bridgehead atoms. The van der Waals surface area contributed by atoms with Crippen LogP contribution < -0.4 is 5.32 Å². The monoisotopic (exact) mass is 415 g/mol. The summed E-state index contributed by atoms with van der Waals surface area (Å²) in [5.74, 6) is 0. The zero-order valence-electron chi connectivity index (χ0n) is 10.4. The molecule has 2 rings (SSSR count). The highest BCUT2D eigenvalue weighted by Crippen LogP contribution is 2.27. The molecular weight excluding hydrogens is 401 g/mol. The molecule has 0 heterocycles. The van der Waals surface area contributed by atoms with Crippen LogP contribution in [0.4, 0.5) is 5.69 Å². The fourth-order valence-corrected chi connectivity index (χ4v) is 2.77. The molecule has 0 saturated heterocycles. The van der Waals surface area contributed by atoms with Crippen LogP contribution in [0, 0.1) is 10.5 Å². The second-order valence-electron chi connectivity index (χ2n) is 4.40. The fourth-order valence-electron chi connectivity index (χ4n) is 1.81.